The number of benzene rings is 2. The Hall–Kier alpha value is -2.70. The highest BCUT2D eigenvalue weighted by molar-refractivity contribution is 5.76. The fraction of sp³-hybridized carbons (Fsp3) is 0.417. The largest absolute Gasteiger partial charge is 0.465 e. The van der Waals surface area contributed by atoms with Gasteiger partial charge in [-0.15, -0.1) is 0 Å². The quantitative estimate of drug-likeness (QED) is 0.387. The number of rotatable bonds is 13. The molecule has 0 fully saturated rings. The minimum Gasteiger partial charge on any atom is -0.465 e. The Morgan fingerprint density at radius 1 is 0.633 bits per heavy atom. The summed E-state index contributed by atoms with van der Waals surface area (Å²) in [6, 6.07) is 18.0. The van der Waals surface area contributed by atoms with Crippen molar-refractivity contribution in [1.82, 2.24) is 0 Å². The molecule has 4 N–H and O–H groups in total. The first-order valence-corrected chi connectivity index (χ1v) is 10.5. The Labute approximate surface area is 178 Å². The van der Waals surface area contributed by atoms with Gasteiger partial charge in [0.05, 0.1) is 13.2 Å². The molecule has 0 radical (unpaired) electrons. The molecule has 0 aliphatic heterocycles. The van der Waals surface area contributed by atoms with E-state index in [2.05, 4.69) is 0 Å². The highest BCUT2D eigenvalue weighted by atomic mass is 16.5. The van der Waals surface area contributed by atoms with Gasteiger partial charge in [-0.1, -0.05) is 60.7 Å². The van der Waals surface area contributed by atoms with Crippen LogP contribution in [0.3, 0.4) is 0 Å². The minimum atomic E-state index is -0.646. The Bertz CT molecular complexity index is 687. The van der Waals surface area contributed by atoms with Crippen LogP contribution in [-0.2, 0) is 31.9 Å². The van der Waals surface area contributed by atoms with Gasteiger partial charge in [-0.25, -0.2) is 0 Å². The number of carbonyl (C=O) groups is 2. The van der Waals surface area contributed by atoms with E-state index in [1.165, 1.54) is 0 Å². The lowest BCUT2D eigenvalue weighted by Crippen LogP contribution is -2.34. The third-order valence-corrected chi connectivity index (χ3v) is 4.73. The van der Waals surface area contributed by atoms with E-state index in [0.29, 0.717) is 26.1 Å². The summed E-state index contributed by atoms with van der Waals surface area (Å²) in [5.74, 6) is -0.750. The molecule has 2 atom stereocenters. The van der Waals surface area contributed by atoms with Crippen molar-refractivity contribution in [3.8, 4) is 0 Å². The third kappa shape index (κ3) is 9.20. The van der Waals surface area contributed by atoms with Crippen molar-refractivity contribution in [2.45, 2.75) is 50.6 Å². The van der Waals surface area contributed by atoms with E-state index < -0.39 is 12.1 Å². The number of hydrogen-bond donors (Lipinski definition) is 2. The molecule has 0 heterocycles. The van der Waals surface area contributed by atoms with Crippen LogP contribution in [0.4, 0.5) is 0 Å². The first-order valence-electron chi connectivity index (χ1n) is 10.5. The second-order valence-corrected chi connectivity index (χ2v) is 7.34. The third-order valence-electron chi connectivity index (χ3n) is 4.73. The van der Waals surface area contributed by atoms with Crippen LogP contribution < -0.4 is 11.5 Å². The zero-order valence-electron chi connectivity index (χ0n) is 17.4. The molecule has 0 spiro atoms. The van der Waals surface area contributed by atoms with Gasteiger partial charge in [0.15, 0.2) is 0 Å². The number of carbonyl (C=O) groups excluding carboxylic acids is 2. The predicted molar refractivity (Wildman–Crippen MR) is 117 cm³/mol. The molecule has 30 heavy (non-hydrogen) atoms. The van der Waals surface area contributed by atoms with Gasteiger partial charge in [0, 0.05) is 0 Å². The molecule has 0 amide bonds. The standard InChI is InChI=1S/C24H32N2O4/c25-21(17-19-11-5-3-6-12-19)23(27)29-15-9-1-2-10-16-30-24(28)22(26)18-20-13-7-4-8-14-20/h3-8,11-14,21-22H,1-2,9-10,15-18,25-26H2. The van der Waals surface area contributed by atoms with Gasteiger partial charge in [-0.2, -0.15) is 0 Å². The van der Waals surface area contributed by atoms with Gasteiger partial charge >= 0.3 is 11.9 Å². The Morgan fingerprint density at radius 3 is 1.37 bits per heavy atom. The normalized spacial score (nSPS) is 12.7. The summed E-state index contributed by atoms with van der Waals surface area (Å²) >= 11 is 0. The molecule has 2 unspecified atom stereocenters. The van der Waals surface area contributed by atoms with E-state index in [4.69, 9.17) is 20.9 Å². The number of ether oxygens (including phenoxy) is 2. The van der Waals surface area contributed by atoms with Gasteiger partial charge in [0.2, 0.25) is 0 Å². The number of unbranched alkanes of at least 4 members (excludes halogenated alkanes) is 3. The van der Waals surface area contributed by atoms with Gasteiger partial charge in [-0.05, 0) is 49.7 Å². The van der Waals surface area contributed by atoms with Crippen LogP contribution in [0.25, 0.3) is 0 Å². The maximum absolute atomic E-state index is 11.9. The van der Waals surface area contributed by atoms with Crippen molar-refractivity contribution in [3.63, 3.8) is 0 Å². The molecule has 6 heteroatoms. The Kier molecular flexibility index (Phi) is 10.6. The molecule has 2 aromatic carbocycles. The lowest BCUT2D eigenvalue weighted by Gasteiger charge is -2.12. The number of esters is 2. The summed E-state index contributed by atoms with van der Waals surface area (Å²) in [6.45, 7) is 0.701. The minimum absolute atomic E-state index is 0.350. The van der Waals surface area contributed by atoms with Crippen LogP contribution in [-0.4, -0.2) is 37.2 Å². The molecule has 0 bridgehead atoms. The molecular weight excluding hydrogens is 380 g/mol. The van der Waals surface area contributed by atoms with E-state index in [1.807, 2.05) is 60.7 Å². The average Bonchev–Trinajstić information content (AvgIpc) is 2.76. The Morgan fingerprint density at radius 2 is 1.00 bits per heavy atom. The second-order valence-electron chi connectivity index (χ2n) is 7.34. The Balaban J connectivity index is 1.47. The van der Waals surface area contributed by atoms with Crippen molar-refractivity contribution in [3.05, 3.63) is 71.8 Å². The van der Waals surface area contributed by atoms with Gasteiger partial charge in [-0.3, -0.25) is 9.59 Å². The van der Waals surface area contributed by atoms with E-state index in [-0.39, 0.29) is 11.9 Å². The summed E-state index contributed by atoms with van der Waals surface area (Å²) in [5.41, 5.74) is 13.8. The highest BCUT2D eigenvalue weighted by Gasteiger charge is 2.16. The molecule has 0 aliphatic carbocycles. The second kappa shape index (κ2) is 13.5. The smallest absolute Gasteiger partial charge is 0.323 e. The van der Waals surface area contributed by atoms with Crippen molar-refractivity contribution < 1.29 is 19.1 Å². The summed E-state index contributed by atoms with van der Waals surface area (Å²) in [6.07, 6.45) is 4.22. The highest BCUT2D eigenvalue weighted by Crippen LogP contribution is 2.06. The molecule has 2 aromatic rings. The van der Waals surface area contributed by atoms with Crippen LogP contribution in [0.2, 0.25) is 0 Å². The predicted octanol–water partition coefficient (Wildman–Crippen LogP) is 2.77. The van der Waals surface area contributed by atoms with Crippen LogP contribution in [0.15, 0.2) is 60.7 Å². The molecule has 0 saturated heterocycles. The van der Waals surface area contributed by atoms with Gasteiger partial charge in [0.1, 0.15) is 12.1 Å². The van der Waals surface area contributed by atoms with E-state index >= 15 is 0 Å². The summed E-state index contributed by atoms with van der Waals surface area (Å²) in [7, 11) is 0. The maximum Gasteiger partial charge on any atom is 0.323 e. The zero-order chi connectivity index (χ0) is 21.6. The fourth-order valence-corrected chi connectivity index (χ4v) is 3.02. The molecule has 162 valence electrons. The SMILES string of the molecule is NC(Cc1ccccc1)C(=O)OCCCCCCOC(=O)C(N)Cc1ccccc1. The van der Waals surface area contributed by atoms with E-state index in [0.717, 1.165) is 36.8 Å². The van der Waals surface area contributed by atoms with Gasteiger partial charge in [0.25, 0.3) is 0 Å². The van der Waals surface area contributed by atoms with Crippen molar-refractivity contribution >= 4 is 11.9 Å². The first kappa shape index (κ1) is 23.6. The van der Waals surface area contributed by atoms with Crippen molar-refractivity contribution in [2.24, 2.45) is 11.5 Å². The fourth-order valence-electron chi connectivity index (χ4n) is 3.02. The number of nitrogens with two attached hydrogens (primary N) is 2. The van der Waals surface area contributed by atoms with Crippen LogP contribution >= 0.6 is 0 Å². The summed E-state index contributed by atoms with van der Waals surface area (Å²) in [4.78, 5) is 23.9. The topological polar surface area (TPSA) is 105 Å². The molecular formula is C24H32N2O4. The summed E-state index contributed by atoms with van der Waals surface area (Å²) in [5, 5.41) is 0. The van der Waals surface area contributed by atoms with Crippen LogP contribution in [0.1, 0.15) is 36.8 Å². The first-order chi connectivity index (χ1) is 14.6. The van der Waals surface area contributed by atoms with Crippen molar-refractivity contribution in [1.29, 1.82) is 0 Å². The average molecular weight is 413 g/mol. The summed E-state index contributed by atoms with van der Waals surface area (Å²) < 4.78 is 10.5. The molecule has 0 aromatic heterocycles. The lowest BCUT2D eigenvalue weighted by atomic mass is 10.1. The maximum atomic E-state index is 11.9. The monoisotopic (exact) mass is 412 g/mol. The lowest BCUT2D eigenvalue weighted by molar-refractivity contribution is -0.146. The van der Waals surface area contributed by atoms with Crippen LogP contribution in [0.5, 0.6) is 0 Å². The zero-order valence-corrected chi connectivity index (χ0v) is 17.4. The van der Waals surface area contributed by atoms with E-state index in [1.54, 1.807) is 0 Å². The van der Waals surface area contributed by atoms with Gasteiger partial charge < -0.3 is 20.9 Å². The van der Waals surface area contributed by atoms with E-state index in [9.17, 15) is 9.59 Å². The molecule has 2 rings (SSSR count). The molecule has 0 aliphatic rings. The van der Waals surface area contributed by atoms with Crippen molar-refractivity contribution in [2.75, 3.05) is 13.2 Å². The molecule has 6 nitrogen and oxygen atoms in total. The molecule has 0 saturated carbocycles. The number of hydrogen-bond acceptors (Lipinski definition) is 6. The van der Waals surface area contributed by atoms with Crippen LogP contribution in [0, 0.1) is 0 Å².